The van der Waals surface area contributed by atoms with Crippen molar-refractivity contribution in [3.8, 4) is 6.07 Å². The van der Waals surface area contributed by atoms with Gasteiger partial charge >= 0.3 is 0 Å². The van der Waals surface area contributed by atoms with Crippen molar-refractivity contribution in [2.45, 2.75) is 122 Å². The van der Waals surface area contributed by atoms with E-state index in [9.17, 15) is 0 Å². The van der Waals surface area contributed by atoms with E-state index in [4.69, 9.17) is 5.26 Å². The summed E-state index contributed by atoms with van der Waals surface area (Å²) in [6, 6.07) is 10.7. The topological polar surface area (TPSA) is 23.8 Å². The molecule has 3 aliphatic carbocycles. The first-order chi connectivity index (χ1) is 15.7. The number of unbranched alkanes of at least 4 members (excludes halogenated alkanes) is 3. The van der Waals surface area contributed by atoms with Gasteiger partial charge in [-0.25, -0.2) is 0 Å². The van der Waals surface area contributed by atoms with Crippen molar-refractivity contribution in [2.24, 2.45) is 29.6 Å². The Balaban J connectivity index is 1.14. The second kappa shape index (κ2) is 12.3. The van der Waals surface area contributed by atoms with Crippen LogP contribution in [-0.4, -0.2) is 0 Å². The molecule has 0 amide bonds. The van der Waals surface area contributed by atoms with Crippen LogP contribution in [0.5, 0.6) is 0 Å². The fraction of sp³-hybridized carbons (Fsp3) is 0.774. The minimum Gasteiger partial charge on any atom is -0.192 e. The summed E-state index contributed by atoms with van der Waals surface area (Å²) in [5.41, 5.74) is 2.27. The highest BCUT2D eigenvalue weighted by molar-refractivity contribution is 5.33. The lowest BCUT2D eigenvalue weighted by Gasteiger charge is -2.43. The minimum atomic E-state index is 0.734. The zero-order valence-electron chi connectivity index (χ0n) is 20.7. The molecule has 0 bridgehead atoms. The molecule has 4 rings (SSSR count). The Morgan fingerprint density at radius 2 is 1.31 bits per heavy atom. The molecule has 32 heavy (non-hydrogen) atoms. The van der Waals surface area contributed by atoms with E-state index in [1.54, 1.807) is 0 Å². The van der Waals surface area contributed by atoms with Gasteiger partial charge in [-0.1, -0.05) is 96.1 Å². The van der Waals surface area contributed by atoms with Crippen LogP contribution >= 0.6 is 0 Å². The number of hydrogen-bond acceptors (Lipinski definition) is 1. The molecule has 1 aromatic rings. The highest BCUT2D eigenvalue weighted by Crippen LogP contribution is 2.49. The molecule has 0 heterocycles. The van der Waals surface area contributed by atoms with Crippen molar-refractivity contribution in [3.05, 3.63) is 35.4 Å². The predicted octanol–water partition coefficient (Wildman–Crippen LogP) is 9.42. The van der Waals surface area contributed by atoms with E-state index in [0.717, 1.165) is 41.1 Å². The summed E-state index contributed by atoms with van der Waals surface area (Å²) in [7, 11) is 0. The SMILES string of the molecule is CCCCCCC1CCC(CCC2CCC3CC(c4ccc(C#N)cc4)CCC3C2)CC1. The zero-order chi connectivity index (χ0) is 22.2. The lowest BCUT2D eigenvalue weighted by atomic mass is 9.63. The Labute approximate surface area is 198 Å². The second-order valence-electron chi connectivity index (χ2n) is 11.8. The first-order valence-corrected chi connectivity index (χ1v) is 14.2. The van der Waals surface area contributed by atoms with Crippen molar-refractivity contribution >= 4 is 0 Å². The van der Waals surface area contributed by atoms with Gasteiger partial charge in [-0.3, -0.25) is 0 Å². The van der Waals surface area contributed by atoms with Crippen LogP contribution in [0.2, 0.25) is 0 Å². The molecule has 0 aromatic heterocycles. The molecular formula is C31H47N. The van der Waals surface area contributed by atoms with Crippen molar-refractivity contribution in [3.63, 3.8) is 0 Å². The molecule has 176 valence electrons. The first-order valence-electron chi connectivity index (χ1n) is 14.2. The average molecular weight is 434 g/mol. The maximum absolute atomic E-state index is 9.05. The third-order valence-electron chi connectivity index (χ3n) is 9.65. The molecule has 4 atom stereocenters. The highest BCUT2D eigenvalue weighted by atomic mass is 14.4. The third kappa shape index (κ3) is 6.62. The Morgan fingerprint density at radius 1 is 0.688 bits per heavy atom. The number of rotatable bonds is 9. The number of hydrogen-bond donors (Lipinski definition) is 0. The third-order valence-corrected chi connectivity index (χ3v) is 9.65. The van der Waals surface area contributed by atoms with Gasteiger partial charge in [-0.05, 0) is 85.3 Å². The Hall–Kier alpha value is -1.29. The van der Waals surface area contributed by atoms with E-state index in [1.807, 2.05) is 12.1 Å². The van der Waals surface area contributed by atoms with Crippen molar-refractivity contribution < 1.29 is 0 Å². The van der Waals surface area contributed by atoms with Crippen LogP contribution in [0.3, 0.4) is 0 Å². The van der Waals surface area contributed by atoms with E-state index >= 15 is 0 Å². The van der Waals surface area contributed by atoms with Crippen LogP contribution in [-0.2, 0) is 0 Å². The summed E-state index contributed by atoms with van der Waals surface area (Å²) >= 11 is 0. The molecule has 1 heteroatoms. The molecule has 3 aliphatic rings. The fourth-order valence-corrected chi connectivity index (χ4v) is 7.52. The van der Waals surface area contributed by atoms with Gasteiger partial charge in [0, 0.05) is 0 Å². The van der Waals surface area contributed by atoms with Gasteiger partial charge in [0.2, 0.25) is 0 Å². The number of fused-ring (bicyclic) bond motifs is 1. The lowest BCUT2D eigenvalue weighted by molar-refractivity contribution is 0.108. The van der Waals surface area contributed by atoms with Gasteiger partial charge in [0.1, 0.15) is 0 Å². The fourth-order valence-electron chi connectivity index (χ4n) is 7.52. The number of nitriles is 1. The normalized spacial score (nSPS) is 32.8. The van der Waals surface area contributed by atoms with Gasteiger partial charge in [-0.2, -0.15) is 5.26 Å². The van der Waals surface area contributed by atoms with Crippen molar-refractivity contribution in [2.75, 3.05) is 0 Å². The Bertz CT molecular complexity index is 705. The van der Waals surface area contributed by atoms with Crippen LogP contribution < -0.4 is 0 Å². The van der Waals surface area contributed by atoms with Crippen molar-refractivity contribution in [1.82, 2.24) is 0 Å². The molecule has 0 saturated heterocycles. The summed E-state index contributed by atoms with van der Waals surface area (Å²) in [6.45, 7) is 2.32. The minimum absolute atomic E-state index is 0.734. The summed E-state index contributed by atoms with van der Waals surface area (Å²) in [6.07, 6.45) is 25.1. The molecule has 0 spiro atoms. The van der Waals surface area contributed by atoms with E-state index < -0.39 is 0 Å². The lowest BCUT2D eigenvalue weighted by Crippen LogP contribution is -2.30. The van der Waals surface area contributed by atoms with Crippen LogP contribution in [0.25, 0.3) is 0 Å². The van der Waals surface area contributed by atoms with E-state index in [0.29, 0.717) is 0 Å². The molecule has 1 aromatic carbocycles. The molecular weight excluding hydrogens is 386 g/mol. The van der Waals surface area contributed by atoms with Crippen LogP contribution in [0.1, 0.15) is 133 Å². The molecule has 0 radical (unpaired) electrons. The Morgan fingerprint density at radius 3 is 2.03 bits per heavy atom. The largest absolute Gasteiger partial charge is 0.192 e. The number of benzene rings is 1. The van der Waals surface area contributed by atoms with Crippen LogP contribution in [0, 0.1) is 40.9 Å². The predicted molar refractivity (Wildman–Crippen MR) is 136 cm³/mol. The standard InChI is InChI=1S/C31H47N/c1-2-3-4-5-6-24-7-9-25(10-8-24)11-12-26-13-18-31-22-30(20-19-29(31)21-26)28-16-14-27(23-32)15-17-28/h14-17,24-26,29-31H,2-13,18-22H2,1H3. The van der Waals surface area contributed by atoms with Gasteiger partial charge in [0.05, 0.1) is 11.6 Å². The second-order valence-corrected chi connectivity index (χ2v) is 11.8. The molecule has 1 nitrogen and oxygen atoms in total. The van der Waals surface area contributed by atoms with E-state index in [1.165, 1.54) is 115 Å². The monoisotopic (exact) mass is 433 g/mol. The Kier molecular flexibility index (Phi) is 9.13. The molecule has 3 saturated carbocycles. The molecule has 0 N–H and O–H groups in total. The summed E-state index contributed by atoms with van der Waals surface area (Å²) in [5.74, 6) is 5.83. The van der Waals surface area contributed by atoms with E-state index in [2.05, 4.69) is 25.1 Å². The summed E-state index contributed by atoms with van der Waals surface area (Å²) < 4.78 is 0. The smallest absolute Gasteiger partial charge is 0.0991 e. The van der Waals surface area contributed by atoms with Crippen molar-refractivity contribution in [1.29, 1.82) is 5.26 Å². The quantitative estimate of drug-likeness (QED) is 0.356. The molecule has 3 fully saturated rings. The summed E-state index contributed by atoms with van der Waals surface area (Å²) in [4.78, 5) is 0. The van der Waals surface area contributed by atoms with Crippen LogP contribution in [0.4, 0.5) is 0 Å². The summed E-state index contributed by atoms with van der Waals surface area (Å²) in [5, 5.41) is 9.05. The van der Waals surface area contributed by atoms with Crippen LogP contribution in [0.15, 0.2) is 24.3 Å². The molecule has 4 unspecified atom stereocenters. The van der Waals surface area contributed by atoms with Gasteiger partial charge in [0.15, 0.2) is 0 Å². The highest BCUT2D eigenvalue weighted by Gasteiger charge is 2.36. The van der Waals surface area contributed by atoms with Gasteiger partial charge in [0.25, 0.3) is 0 Å². The van der Waals surface area contributed by atoms with E-state index in [-0.39, 0.29) is 0 Å². The molecule has 0 aliphatic heterocycles. The number of nitrogens with zero attached hydrogens (tertiary/aromatic N) is 1. The van der Waals surface area contributed by atoms with Gasteiger partial charge < -0.3 is 0 Å². The average Bonchev–Trinajstić information content (AvgIpc) is 2.86. The maximum Gasteiger partial charge on any atom is 0.0991 e. The van der Waals surface area contributed by atoms with Gasteiger partial charge in [-0.15, -0.1) is 0 Å². The zero-order valence-corrected chi connectivity index (χ0v) is 20.7. The maximum atomic E-state index is 9.05. The first kappa shape index (κ1) is 23.9.